The summed E-state index contributed by atoms with van der Waals surface area (Å²) in [6.07, 6.45) is -3.67. The zero-order chi connectivity index (χ0) is 12.5. The minimum absolute atomic E-state index is 0.0921. The molecule has 98 valence electrons. The number of rotatable bonds is 2. The first kappa shape index (κ1) is 12.7. The molecule has 3 fully saturated rings. The third kappa shape index (κ3) is 3.34. The average molecular weight is 250 g/mol. The second-order valence-electron chi connectivity index (χ2n) is 4.92. The molecule has 0 aromatic heterocycles. The van der Waals surface area contributed by atoms with Crippen LogP contribution in [0.2, 0.25) is 0 Å². The molecule has 3 saturated heterocycles. The molecule has 2 bridgehead atoms. The maximum Gasteiger partial charge on any atom is 0.389 e. The van der Waals surface area contributed by atoms with Crippen molar-refractivity contribution >= 4 is 5.91 Å². The van der Waals surface area contributed by atoms with E-state index in [1.54, 1.807) is 4.90 Å². The minimum atomic E-state index is -4.24. The summed E-state index contributed by atoms with van der Waals surface area (Å²) in [6, 6.07) is 0.0921. The van der Waals surface area contributed by atoms with Crippen LogP contribution in [0.15, 0.2) is 0 Å². The van der Waals surface area contributed by atoms with Crippen LogP contribution in [-0.2, 0) is 4.79 Å². The largest absolute Gasteiger partial charge is 0.389 e. The van der Waals surface area contributed by atoms with Crippen LogP contribution in [0.3, 0.4) is 0 Å². The fraction of sp³-hybridized carbons (Fsp3) is 0.909. The second-order valence-corrected chi connectivity index (χ2v) is 4.92. The molecule has 6 heteroatoms. The molecular weight excluding hydrogens is 233 g/mol. The monoisotopic (exact) mass is 250 g/mol. The number of carbonyl (C=O) groups excluding carboxylic acids is 1. The van der Waals surface area contributed by atoms with Crippen LogP contribution in [0.1, 0.15) is 25.7 Å². The van der Waals surface area contributed by atoms with Gasteiger partial charge in [0.2, 0.25) is 5.91 Å². The standard InChI is InChI=1S/C11H17F3N2O/c12-11(13,14)4-3-10(17)16-7-8-1-2-9(16)6-15-5-8/h8-9,15H,1-7H2. The predicted molar refractivity (Wildman–Crippen MR) is 56.4 cm³/mol. The Balaban J connectivity index is 1.91. The lowest BCUT2D eigenvalue weighted by atomic mass is 9.94. The molecule has 0 aromatic carbocycles. The van der Waals surface area contributed by atoms with Crippen molar-refractivity contribution in [1.29, 1.82) is 0 Å². The molecular formula is C11H17F3N2O. The molecule has 3 aliphatic rings. The zero-order valence-corrected chi connectivity index (χ0v) is 9.59. The third-order valence-corrected chi connectivity index (χ3v) is 3.56. The highest BCUT2D eigenvalue weighted by atomic mass is 19.4. The van der Waals surface area contributed by atoms with Crippen LogP contribution in [0.4, 0.5) is 13.2 Å². The van der Waals surface area contributed by atoms with Crippen molar-refractivity contribution in [2.45, 2.75) is 37.9 Å². The quantitative estimate of drug-likeness (QED) is 0.806. The van der Waals surface area contributed by atoms with Gasteiger partial charge in [0.25, 0.3) is 0 Å². The molecule has 17 heavy (non-hydrogen) atoms. The minimum Gasteiger partial charge on any atom is -0.338 e. The number of nitrogens with zero attached hydrogens (tertiary/aromatic N) is 1. The summed E-state index contributed by atoms with van der Waals surface area (Å²) >= 11 is 0. The van der Waals surface area contributed by atoms with E-state index >= 15 is 0 Å². The molecule has 3 aliphatic heterocycles. The normalized spacial score (nSPS) is 29.2. The van der Waals surface area contributed by atoms with Crippen molar-refractivity contribution in [3.8, 4) is 0 Å². The van der Waals surface area contributed by atoms with E-state index in [4.69, 9.17) is 0 Å². The highest BCUT2D eigenvalue weighted by Crippen LogP contribution is 2.27. The van der Waals surface area contributed by atoms with Gasteiger partial charge in [-0.1, -0.05) is 0 Å². The summed E-state index contributed by atoms with van der Waals surface area (Å²) in [5, 5.41) is 3.25. The van der Waals surface area contributed by atoms with Crippen molar-refractivity contribution in [3.63, 3.8) is 0 Å². The Labute approximate surface area is 98.3 Å². The van der Waals surface area contributed by atoms with Gasteiger partial charge in [0.15, 0.2) is 0 Å². The Morgan fingerprint density at radius 2 is 2.06 bits per heavy atom. The number of halogens is 3. The molecule has 2 atom stereocenters. The third-order valence-electron chi connectivity index (χ3n) is 3.56. The molecule has 0 radical (unpaired) electrons. The molecule has 1 N–H and O–H groups in total. The highest BCUT2D eigenvalue weighted by molar-refractivity contribution is 5.76. The lowest BCUT2D eigenvalue weighted by molar-refractivity contribution is -0.151. The van der Waals surface area contributed by atoms with Crippen molar-refractivity contribution < 1.29 is 18.0 Å². The number of piperidine rings is 1. The number of hydrogen-bond donors (Lipinski definition) is 1. The van der Waals surface area contributed by atoms with Crippen molar-refractivity contribution in [1.82, 2.24) is 10.2 Å². The van der Waals surface area contributed by atoms with Gasteiger partial charge < -0.3 is 10.2 Å². The van der Waals surface area contributed by atoms with E-state index < -0.39 is 19.0 Å². The van der Waals surface area contributed by atoms with Crippen LogP contribution >= 0.6 is 0 Å². The number of alkyl halides is 3. The Bertz CT molecular complexity index is 289. The van der Waals surface area contributed by atoms with Crippen molar-refractivity contribution in [3.05, 3.63) is 0 Å². The molecule has 3 rings (SSSR count). The maximum absolute atomic E-state index is 12.1. The zero-order valence-electron chi connectivity index (χ0n) is 9.59. The van der Waals surface area contributed by atoms with Gasteiger partial charge >= 0.3 is 6.18 Å². The number of carbonyl (C=O) groups is 1. The summed E-state index contributed by atoms with van der Waals surface area (Å²) in [5.41, 5.74) is 0. The van der Waals surface area contributed by atoms with Crippen molar-refractivity contribution in [2.24, 2.45) is 5.92 Å². The molecule has 0 saturated carbocycles. The first-order chi connectivity index (χ1) is 7.96. The first-order valence-electron chi connectivity index (χ1n) is 6.02. The SMILES string of the molecule is O=C(CCC(F)(F)F)N1CC2CCC1CNC2. The van der Waals surface area contributed by atoms with E-state index in [0.29, 0.717) is 19.0 Å². The van der Waals surface area contributed by atoms with Crippen LogP contribution in [0, 0.1) is 5.92 Å². The lowest BCUT2D eigenvalue weighted by Gasteiger charge is -2.36. The number of fused-ring (bicyclic) bond motifs is 4. The van der Waals surface area contributed by atoms with Gasteiger partial charge in [-0.15, -0.1) is 0 Å². The van der Waals surface area contributed by atoms with Gasteiger partial charge in [-0.05, 0) is 25.3 Å². The molecule has 2 unspecified atom stereocenters. The number of hydrogen-bond acceptors (Lipinski definition) is 2. The Morgan fingerprint density at radius 1 is 1.29 bits per heavy atom. The smallest absolute Gasteiger partial charge is 0.338 e. The Morgan fingerprint density at radius 3 is 2.76 bits per heavy atom. The number of nitrogens with one attached hydrogen (secondary N) is 1. The van der Waals surface area contributed by atoms with Crippen LogP contribution in [0.5, 0.6) is 0 Å². The fourth-order valence-corrected chi connectivity index (χ4v) is 2.63. The van der Waals surface area contributed by atoms with Gasteiger partial charge in [-0.3, -0.25) is 4.79 Å². The maximum atomic E-state index is 12.1. The van der Waals surface area contributed by atoms with Crippen LogP contribution in [-0.4, -0.2) is 42.7 Å². The van der Waals surface area contributed by atoms with Gasteiger partial charge in [0.1, 0.15) is 0 Å². The van der Waals surface area contributed by atoms with E-state index in [2.05, 4.69) is 5.32 Å². The molecule has 3 nitrogen and oxygen atoms in total. The summed E-state index contributed by atoms with van der Waals surface area (Å²) in [7, 11) is 0. The van der Waals surface area contributed by atoms with Gasteiger partial charge in [-0.2, -0.15) is 13.2 Å². The predicted octanol–water partition coefficient (Wildman–Crippen LogP) is 1.54. The molecule has 0 aliphatic carbocycles. The Kier molecular flexibility index (Phi) is 3.61. The van der Waals surface area contributed by atoms with E-state index in [9.17, 15) is 18.0 Å². The van der Waals surface area contributed by atoms with E-state index in [0.717, 1.165) is 19.4 Å². The summed E-state index contributed by atoms with van der Waals surface area (Å²) in [4.78, 5) is 13.4. The summed E-state index contributed by atoms with van der Waals surface area (Å²) in [6.45, 7) is 2.21. The average Bonchev–Trinajstić information content (AvgIpc) is 2.59. The lowest BCUT2D eigenvalue weighted by Crippen LogP contribution is -2.47. The van der Waals surface area contributed by atoms with E-state index in [-0.39, 0.29) is 11.9 Å². The van der Waals surface area contributed by atoms with Gasteiger partial charge in [-0.25, -0.2) is 0 Å². The molecule has 0 aromatic rings. The molecule has 3 heterocycles. The number of amides is 1. The van der Waals surface area contributed by atoms with E-state index in [1.165, 1.54) is 0 Å². The summed E-state index contributed by atoms with van der Waals surface area (Å²) in [5.74, 6) is 0.0595. The topological polar surface area (TPSA) is 32.3 Å². The van der Waals surface area contributed by atoms with Crippen LogP contribution in [0.25, 0.3) is 0 Å². The highest BCUT2D eigenvalue weighted by Gasteiger charge is 2.35. The molecule has 1 amide bonds. The van der Waals surface area contributed by atoms with Crippen molar-refractivity contribution in [2.75, 3.05) is 19.6 Å². The van der Waals surface area contributed by atoms with Crippen LogP contribution < -0.4 is 5.32 Å². The van der Waals surface area contributed by atoms with Gasteiger partial charge in [0, 0.05) is 25.6 Å². The van der Waals surface area contributed by atoms with E-state index in [1.807, 2.05) is 0 Å². The Hall–Kier alpha value is -0.780. The fourth-order valence-electron chi connectivity index (χ4n) is 2.63. The van der Waals surface area contributed by atoms with Gasteiger partial charge in [0.05, 0.1) is 6.42 Å². The summed E-state index contributed by atoms with van der Waals surface area (Å²) < 4.78 is 36.2. The molecule has 0 spiro atoms. The second kappa shape index (κ2) is 4.84. The first-order valence-corrected chi connectivity index (χ1v) is 6.02.